The number of rotatable bonds is 5. The number of carboxylic acid groups (broad SMARTS) is 2. The van der Waals surface area contributed by atoms with Crippen LogP contribution in [-0.2, 0) is 11.2 Å². The maximum atomic E-state index is 12.1. The summed E-state index contributed by atoms with van der Waals surface area (Å²) in [5.41, 5.74) is 4.10. The van der Waals surface area contributed by atoms with Gasteiger partial charge in [-0.3, -0.25) is 4.79 Å². The van der Waals surface area contributed by atoms with Crippen molar-refractivity contribution in [3.05, 3.63) is 77.9 Å². The molecule has 3 aromatic carbocycles. The highest BCUT2D eigenvalue weighted by Crippen LogP contribution is 2.34. The average Bonchev–Trinajstić information content (AvgIpc) is 2.70. The van der Waals surface area contributed by atoms with E-state index in [2.05, 4.69) is 4.98 Å². The molecule has 0 fully saturated rings. The first-order valence-corrected chi connectivity index (χ1v) is 8.90. The summed E-state index contributed by atoms with van der Waals surface area (Å²) in [6.07, 6.45) is 0.532. The molecule has 0 aliphatic heterocycles. The molecule has 0 saturated heterocycles. The number of carbonyl (C=O) groups is 2. The maximum Gasteiger partial charge on any atom is 0.337 e. The number of benzene rings is 3. The van der Waals surface area contributed by atoms with Crippen molar-refractivity contribution in [2.24, 2.45) is 0 Å². The predicted molar refractivity (Wildman–Crippen MR) is 108 cm³/mol. The molecule has 138 valence electrons. The molecule has 5 nitrogen and oxygen atoms in total. The van der Waals surface area contributed by atoms with E-state index in [9.17, 15) is 14.7 Å². The van der Waals surface area contributed by atoms with Gasteiger partial charge in [0.1, 0.15) is 0 Å². The number of aliphatic carboxylic acids is 1. The Morgan fingerprint density at radius 2 is 1.54 bits per heavy atom. The van der Waals surface area contributed by atoms with Crippen LogP contribution in [0, 0.1) is 0 Å². The lowest BCUT2D eigenvalue weighted by Crippen LogP contribution is -2.02. The van der Waals surface area contributed by atoms with Gasteiger partial charge < -0.3 is 10.2 Å². The molecule has 28 heavy (non-hydrogen) atoms. The molecular formula is C23H17NO4. The Morgan fingerprint density at radius 3 is 2.25 bits per heavy atom. The third-order valence-corrected chi connectivity index (χ3v) is 4.81. The summed E-state index contributed by atoms with van der Waals surface area (Å²) >= 11 is 0. The topological polar surface area (TPSA) is 87.5 Å². The molecular weight excluding hydrogens is 354 g/mol. The van der Waals surface area contributed by atoms with Gasteiger partial charge in [0.05, 0.1) is 16.6 Å². The lowest BCUT2D eigenvalue weighted by Gasteiger charge is -2.12. The number of para-hydroxylation sites is 1. The maximum absolute atomic E-state index is 12.1. The van der Waals surface area contributed by atoms with E-state index < -0.39 is 11.9 Å². The summed E-state index contributed by atoms with van der Waals surface area (Å²) in [4.78, 5) is 27.5. The lowest BCUT2D eigenvalue weighted by atomic mass is 9.94. The lowest BCUT2D eigenvalue weighted by molar-refractivity contribution is -0.136. The molecule has 1 aromatic heterocycles. The minimum Gasteiger partial charge on any atom is -0.481 e. The molecule has 0 bridgehead atoms. The van der Waals surface area contributed by atoms with E-state index in [0.717, 1.165) is 16.7 Å². The number of aromatic carboxylic acids is 1. The molecule has 0 amide bonds. The van der Waals surface area contributed by atoms with Crippen LogP contribution in [0.2, 0.25) is 0 Å². The fraction of sp³-hybridized carbons (Fsp3) is 0.0870. The molecule has 2 N–H and O–H groups in total. The number of carboxylic acids is 2. The van der Waals surface area contributed by atoms with Crippen molar-refractivity contribution >= 4 is 33.7 Å². The Kier molecular flexibility index (Phi) is 4.49. The van der Waals surface area contributed by atoms with Crippen molar-refractivity contribution in [2.75, 3.05) is 0 Å². The second-order valence-corrected chi connectivity index (χ2v) is 6.60. The summed E-state index contributed by atoms with van der Waals surface area (Å²) < 4.78 is 0. The van der Waals surface area contributed by atoms with Crippen LogP contribution in [0.5, 0.6) is 0 Å². The predicted octanol–water partition coefficient (Wildman–Crippen LogP) is 4.77. The molecule has 5 heteroatoms. The van der Waals surface area contributed by atoms with E-state index in [-0.39, 0.29) is 12.0 Å². The number of hydrogen-bond donors (Lipinski definition) is 2. The van der Waals surface area contributed by atoms with Crippen LogP contribution in [-0.4, -0.2) is 27.1 Å². The van der Waals surface area contributed by atoms with Gasteiger partial charge in [-0.25, -0.2) is 9.78 Å². The SMILES string of the molecule is O=C(O)CCc1ccc(-c2cccc3nc4ccccc4c(C(=O)O)c23)cc1. The second kappa shape index (κ2) is 7.12. The Hall–Kier alpha value is -3.73. The normalized spacial score (nSPS) is 11.0. The smallest absolute Gasteiger partial charge is 0.337 e. The van der Waals surface area contributed by atoms with Crippen LogP contribution in [0.4, 0.5) is 0 Å². The summed E-state index contributed by atoms with van der Waals surface area (Å²) in [5.74, 6) is -1.82. The van der Waals surface area contributed by atoms with E-state index in [1.54, 1.807) is 6.07 Å². The van der Waals surface area contributed by atoms with Gasteiger partial charge in [0, 0.05) is 17.2 Å². The Labute approximate surface area is 160 Å². The molecule has 4 aromatic rings. The van der Waals surface area contributed by atoms with Crippen LogP contribution in [0.25, 0.3) is 32.9 Å². The average molecular weight is 371 g/mol. The third-order valence-electron chi connectivity index (χ3n) is 4.81. The van der Waals surface area contributed by atoms with Gasteiger partial charge in [0.2, 0.25) is 0 Å². The minimum absolute atomic E-state index is 0.0761. The largest absolute Gasteiger partial charge is 0.481 e. The molecule has 0 radical (unpaired) electrons. The fourth-order valence-electron chi connectivity index (χ4n) is 3.51. The quantitative estimate of drug-likeness (QED) is 0.493. The zero-order valence-electron chi connectivity index (χ0n) is 14.9. The second-order valence-electron chi connectivity index (χ2n) is 6.60. The summed E-state index contributed by atoms with van der Waals surface area (Å²) in [7, 11) is 0. The molecule has 1 heterocycles. The van der Waals surface area contributed by atoms with Crippen LogP contribution >= 0.6 is 0 Å². The minimum atomic E-state index is -0.992. The first kappa shape index (κ1) is 17.7. The zero-order chi connectivity index (χ0) is 19.7. The molecule has 0 spiro atoms. The van der Waals surface area contributed by atoms with Crippen LogP contribution in [0.15, 0.2) is 66.7 Å². The molecule has 0 atom stereocenters. The van der Waals surface area contributed by atoms with E-state index in [0.29, 0.717) is 28.2 Å². The molecule has 0 saturated carbocycles. The Bertz CT molecular complexity index is 1210. The van der Waals surface area contributed by atoms with Crippen molar-refractivity contribution in [3.8, 4) is 11.1 Å². The van der Waals surface area contributed by atoms with Gasteiger partial charge in [-0.1, -0.05) is 54.6 Å². The Morgan fingerprint density at radius 1 is 0.821 bits per heavy atom. The number of nitrogens with zero attached hydrogens (tertiary/aromatic N) is 1. The van der Waals surface area contributed by atoms with Crippen LogP contribution < -0.4 is 0 Å². The van der Waals surface area contributed by atoms with Crippen LogP contribution in [0.3, 0.4) is 0 Å². The van der Waals surface area contributed by atoms with Gasteiger partial charge in [0.25, 0.3) is 0 Å². The van der Waals surface area contributed by atoms with Gasteiger partial charge >= 0.3 is 11.9 Å². The number of hydrogen-bond acceptors (Lipinski definition) is 3. The molecule has 4 rings (SSSR count). The fourth-order valence-corrected chi connectivity index (χ4v) is 3.51. The van der Waals surface area contributed by atoms with Crippen molar-refractivity contribution in [2.45, 2.75) is 12.8 Å². The van der Waals surface area contributed by atoms with Gasteiger partial charge in [-0.2, -0.15) is 0 Å². The van der Waals surface area contributed by atoms with Crippen molar-refractivity contribution in [1.29, 1.82) is 0 Å². The van der Waals surface area contributed by atoms with Crippen molar-refractivity contribution in [1.82, 2.24) is 4.98 Å². The third kappa shape index (κ3) is 3.18. The molecule has 0 unspecified atom stereocenters. The van der Waals surface area contributed by atoms with E-state index in [1.807, 2.05) is 60.7 Å². The van der Waals surface area contributed by atoms with Crippen molar-refractivity contribution < 1.29 is 19.8 Å². The number of aryl methyl sites for hydroxylation is 1. The summed E-state index contributed by atoms with van der Waals surface area (Å²) in [6, 6.07) is 20.4. The van der Waals surface area contributed by atoms with Crippen molar-refractivity contribution in [3.63, 3.8) is 0 Å². The first-order valence-electron chi connectivity index (χ1n) is 8.90. The highest BCUT2D eigenvalue weighted by Gasteiger charge is 2.18. The Balaban J connectivity index is 1.91. The zero-order valence-corrected chi connectivity index (χ0v) is 14.9. The molecule has 0 aliphatic rings. The number of pyridine rings is 1. The standard InChI is InChI=1S/C23H17NO4/c25-20(26)13-10-14-8-11-15(12-9-14)16-5-3-7-19-21(16)22(23(27)28)17-4-1-2-6-18(17)24-19/h1-9,11-12H,10,13H2,(H,25,26)(H,27,28). The van der Waals surface area contributed by atoms with Gasteiger partial charge in [0.15, 0.2) is 0 Å². The van der Waals surface area contributed by atoms with E-state index in [4.69, 9.17) is 5.11 Å². The highest BCUT2D eigenvalue weighted by molar-refractivity contribution is 6.17. The van der Waals surface area contributed by atoms with E-state index in [1.165, 1.54) is 0 Å². The van der Waals surface area contributed by atoms with Crippen LogP contribution in [0.1, 0.15) is 22.3 Å². The summed E-state index contributed by atoms with van der Waals surface area (Å²) in [6.45, 7) is 0. The van der Waals surface area contributed by atoms with Gasteiger partial charge in [-0.15, -0.1) is 0 Å². The number of aromatic nitrogens is 1. The molecule has 0 aliphatic carbocycles. The monoisotopic (exact) mass is 371 g/mol. The highest BCUT2D eigenvalue weighted by atomic mass is 16.4. The van der Waals surface area contributed by atoms with E-state index >= 15 is 0 Å². The van der Waals surface area contributed by atoms with Gasteiger partial charge in [-0.05, 0) is 35.2 Å². The number of fused-ring (bicyclic) bond motifs is 2. The summed E-state index contributed by atoms with van der Waals surface area (Å²) in [5, 5.41) is 20.0. The first-order chi connectivity index (χ1) is 13.5.